The lowest BCUT2D eigenvalue weighted by molar-refractivity contribution is 0.171. The summed E-state index contributed by atoms with van der Waals surface area (Å²) in [7, 11) is 0. The van der Waals surface area contributed by atoms with Crippen molar-refractivity contribution in [3.63, 3.8) is 0 Å². The van der Waals surface area contributed by atoms with Crippen molar-refractivity contribution < 1.29 is 9.21 Å². The van der Waals surface area contributed by atoms with Crippen molar-refractivity contribution in [2.75, 3.05) is 13.1 Å². The van der Waals surface area contributed by atoms with Crippen molar-refractivity contribution in [2.24, 2.45) is 0 Å². The van der Waals surface area contributed by atoms with Gasteiger partial charge in [-0.2, -0.15) is 0 Å². The van der Waals surface area contributed by atoms with E-state index in [0.29, 0.717) is 6.04 Å². The van der Waals surface area contributed by atoms with E-state index in [1.165, 1.54) is 19.3 Å². The normalized spacial score (nSPS) is 20.9. The minimum Gasteiger partial charge on any atom is -0.444 e. The molecule has 3 rings (SSSR count). The Bertz CT molecular complexity index is 579. The Hall–Kier alpha value is -1.56. The smallest absolute Gasteiger partial charge is 0.315 e. The van der Waals surface area contributed by atoms with Gasteiger partial charge in [0.15, 0.2) is 0 Å². The summed E-state index contributed by atoms with van der Waals surface area (Å²) in [6.07, 6.45) is 9.83. The summed E-state index contributed by atoms with van der Waals surface area (Å²) in [6, 6.07) is 0.647. The van der Waals surface area contributed by atoms with Gasteiger partial charge >= 0.3 is 6.03 Å². The molecule has 0 aromatic carbocycles. The monoisotopic (exact) mass is 362 g/mol. The van der Waals surface area contributed by atoms with Gasteiger partial charge in [-0.05, 0) is 25.7 Å². The van der Waals surface area contributed by atoms with Crippen LogP contribution in [-0.4, -0.2) is 41.1 Å². The largest absolute Gasteiger partial charge is 0.444 e. The molecular weight excluding hydrogens is 328 g/mol. The second-order valence-electron chi connectivity index (χ2n) is 8.87. The summed E-state index contributed by atoms with van der Waals surface area (Å²) in [5.74, 6) is 1.72. The summed E-state index contributed by atoms with van der Waals surface area (Å²) in [5, 5.41) is 6.30. The quantitative estimate of drug-likeness (QED) is 0.859. The number of urea groups is 1. The van der Waals surface area contributed by atoms with Crippen LogP contribution in [0.25, 0.3) is 0 Å². The van der Waals surface area contributed by atoms with Crippen LogP contribution >= 0.6 is 0 Å². The number of oxazole rings is 1. The van der Waals surface area contributed by atoms with Crippen LogP contribution in [0.3, 0.4) is 0 Å². The molecule has 146 valence electrons. The molecule has 0 radical (unpaired) electrons. The van der Waals surface area contributed by atoms with E-state index in [9.17, 15) is 4.79 Å². The summed E-state index contributed by atoms with van der Waals surface area (Å²) >= 11 is 0. The molecule has 1 aromatic heterocycles. The highest BCUT2D eigenvalue weighted by Crippen LogP contribution is 2.23. The first kappa shape index (κ1) is 19.2. The fraction of sp³-hybridized carbons (Fsp3) is 0.800. The lowest BCUT2D eigenvalue weighted by Crippen LogP contribution is -2.50. The highest BCUT2D eigenvalue weighted by atomic mass is 16.4. The molecule has 2 amide bonds. The molecule has 0 unspecified atom stereocenters. The van der Waals surface area contributed by atoms with Gasteiger partial charge in [-0.1, -0.05) is 40.0 Å². The van der Waals surface area contributed by atoms with Gasteiger partial charge in [0.2, 0.25) is 5.89 Å². The molecule has 1 saturated carbocycles. The van der Waals surface area contributed by atoms with Crippen LogP contribution in [0.15, 0.2) is 10.6 Å². The molecule has 2 fully saturated rings. The van der Waals surface area contributed by atoms with Gasteiger partial charge in [-0.25, -0.2) is 9.78 Å². The number of piperidine rings is 1. The molecule has 0 atom stereocenters. The first-order valence-corrected chi connectivity index (χ1v) is 10.1. The van der Waals surface area contributed by atoms with Crippen molar-refractivity contribution in [3.05, 3.63) is 17.8 Å². The number of aromatic nitrogens is 1. The zero-order valence-corrected chi connectivity index (χ0v) is 16.5. The van der Waals surface area contributed by atoms with Gasteiger partial charge in [0, 0.05) is 30.6 Å². The number of nitrogens with zero attached hydrogens (tertiary/aromatic N) is 2. The maximum Gasteiger partial charge on any atom is 0.315 e. The number of carbonyl (C=O) groups is 1. The third-order valence-corrected chi connectivity index (χ3v) is 5.51. The number of hydrogen-bond donors (Lipinski definition) is 2. The van der Waals surface area contributed by atoms with Crippen LogP contribution < -0.4 is 10.6 Å². The third-order valence-electron chi connectivity index (χ3n) is 5.51. The Kier molecular flexibility index (Phi) is 6.22. The van der Waals surface area contributed by atoms with Gasteiger partial charge in [0.05, 0.1) is 12.7 Å². The van der Waals surface area contributed by atoms with E-state index in [1.54, 1.807) is 0 Å². The minimum atomic E-state index is -0.00609. The van der Waals surface area contributed by atoms with E-state index in [4.69, 9.17) is 4.42 Å². The summed E-state index contributed by atoms with van der Waals surface area (Å²) in [4.78, 5) is 19.0. The highest BCUT2D eigenvalue weighted by molar-refractivity contribution is 5.74. The fourth-order valence-electron chi connectivity index (χ4n) is 3.82. The maximum atomic E-state index is 12.2. The summed E-state index contributed by atoms with van der Waals surface area (Å²) in [5.41, 5.74) is -0.00609. The molecule has 1 aromatic rings. The highest BCUT2D eigenvalue weighted by Gasteiger charge is 2.24. The summed E-state index contributed by atoms with van der Waals surface area (Å²) in [6.45, 7) is 9.06. The molecule has 2 aliphatic rings. The van der Waals surface area contributed by atoms with Gasteiger partial charge in [0.25, 0.3) is 0 Å². The van der Waals surface area contributed by atoms with E-state index >= 15 is 0 Å². The van der Waals surface area contributed by atoms with Crippen LogP contribution in [0.5, 0.6) is 0 Å². The number of carbonyl (C=O) groups excluding carboxylic acids is 1. The molecule has 2 heterocycles. The Balaban J connectivity index is 1.38. The number of likely N-dealkylation sites (tertiary alicyclic amines) is 1. The van der Waals surface area contributed by atoms with Gasteiger partial charge in [0.1, 0.15) is 5.76 Å². The van der Waals surface area contributed by atoms with Crippen LogP contribution in [0, 0.1) is 0 Å². The van der Waals surface area contributed by atoms with Crippen molar-refractivity contribution >= 4 is 6.03 Å². The van der Waals surface area contributed by atoms with Crippen LogP contribution in [0.1, 0.15) is 77.4 Å². The molecule has 6 nitrogen and oxygen atoms in total. The zero-order valence-electron chi connectivity index (χ0n) is 16.5. The predicted molar refractivity (Wildman–Crippen MR) is 102 cm³/mol. The topological polar surface area (TPSA) is 70.4 Å². The molecular formula is C20H34N4O2. The minimum absolute atomic E-state index is 0.00609. The van der Waals surface area contributed by atoms with Crippen molar-refractivity contribution in [1.29, 1.82) is 0 Å². The van der Waals surface area contributed by atoms with Gasteiger partial charge in [-0.3, -0.25) is 4.90 Å². The predicted octanol–water partition coefficient (Wildman–Crippen LogP) is 3.57. The SMILES string of the molecule is CC(C)(C)c1cnc(CN2CCC(NC(=O)NC3CCCCC3)CC2)o1. The molecule has 6 heteroatoms. The van der Waals surface area contributed by atoms with Crippen molar-refractivity contribution in [2.45, 2.75) is 89.8 Å². The zero-order chi connectivity index (χ0) is 18.6. The molecule has 2 N–H and O–H groups in total. The van der Waals surface area contributed by atoms with E-state index in [2.05, 4.69) is 41.3 Å². The van der Waals surface area contributed by atoms with Crippen molar-refractivity contribution in [1.82, 2.24) is 20.5 Å². The van der Waals surface area contributed by atoms with E-state index in [1.807, 2.05) is 6.20 Å². The molecule has 0 bridgehead atoms. The summed E-state index contributed by atoms with van der Waals surface area (Å²) < 4.78 is 5.89. The molecule has 1 aliphatic carbocycles. The van der Waals surface area contributed by atoms with Crippen LogP contribution in [0.4, 0.5) is 4.79 Å². The number of nitrogens with one attached hydrogen (secondary N) is 2. The second-order valence-corrected chi connectivity index (χ2v) is 8.87. The average molecular weight is 363 g/mol. The average Bonchev–Trinajstić information content (AvgIpc) is 3.06. The van der Waals surface area contributed by atoms with Crippen molar-refractivity contribution in [3.8, 4) is 0 Å². The number of rotatable bonds is 4. The molecule has 1 aliphatic heterocycles. The molecule has 26 heavy (non-hydrogen) atoms. The first-order valence-electron chi connectivity index (χ1n) is 10.1. The number of hydrogen-bond acceptors (Lipinski definition) is 4. The van der Waals surface area contributed by atoms with E-state index in [-0.39, 0.29) is 17.5 Å². The Labute approximate surface area is 157 Å². The fourth-order valence-corrected chi connectivity index (χ4v) is 3.82. The Morgan fingerprint density at radius 2 is 1.73 bits per heavy atom. The lowest BCUT2D eigenvalue weighted by atomic mass is 9.94. The first-order chi connectivity index (χ1) is 12.4. The van der Waals surface area contributed by atoms with Gasteiger partial charge < -0.3 is 15.1 Å². The Morgan fingerprint density at radius 1 is 1.12 bits per heavy atom. The van der Waals surface area contributed by atoms with Gasteiger partial charge in [-0.15, -0.1) is 0 Å². The maximum absolute atomic E-state index is 12.2. The molecule has 0 spiro atoms. The lowest BCUT2D eigenvalue weighted by Gasteiger charge is -2.32. The Morgan fingerprint density at radius 3 is 2.31 bits per heavy atom. The third kappa shape index (κ3) is 5.47. The second kappa shape index (κ2) is 8.42. The van der Waals surface area contributed by atoms with Crippen LogP contribution in [0.2, 0.25) is 0 Å². The number of amides is 2. The van der Waals surface area contributed by atoms with E-state index in [0.717, 1.165) is 57.0 Å². The van der Waals surface area contributed by atoms with E-state index < -0.39 is 0 Å². The standard InChI is InChI=1S/C20H34N4O2/c1-20(2,3)17-13-21-18(26-17)14-24-11-9-16(10-12-24)23-19(25)22-15-7-5-4-6-8-15/h13,15-16H,4-12,14H2,1-3H3,(H2,22,23,25). The molecule has 1 saturated heterocycles. The van der Waals surface area contributed by atoms with Crippen LogP contribution in [-0.2, 0) is 12.0 Å².